The Balaban J connectivity index is 2.86. The van der Waals surface area contributed by atoms with E-state index in [1.807, 2.05) is 19.1 Å². The van der Waals surface area contributed by atoms with E-state index in [2.05, 4.69) is 11.9 Å². The molecule has 1 aromatic rings. The van der Waals surface area contributed by atoms with Gasteiger partial charge in [0, 0.05) is 11.3 Å². The summed E-state index contributed by atoms with van der Waals surface area (Å²) in [6, 6.07) is 3.73. The van der Waals surface area contributed by atoms with Gasteiger partial charge < -0.3 is 0 Å². The fraction of sp³-hybridized carbons (Fsp3) is 0.500. The van der Waals surface area contributed by atoms with Crippen LogP contribution in [0.25, 0.3) is 0 Å². The maximum atomic E-state index is 13.1. The molecule has 0 unspecified atom stereocenters. The van der Waals surface area contributed by atoms with Crippen molar-refractivity contribution in [2.75, 3.05) is 0 Å². The van der Waals surface area contributed by atoms with Crippen molar-refractivity contribution >= 4 is 0 Å². The first-order valence-electron chi connectivity index (χ1n) is 4.42. The van der Waals surface area contributed by atoms with Gasteiger partial charge in [0.2, 0.25) is 5.95 Å². The Morgan fingerprint density at radius 3 is 2.58 bits per heavy atom. The summed E-state index contributed by atoms with van der Waals surface area (Å²) in [5, 5.41) is 0. The zero-order valence-corrected chi connectivity index (χ0v) is 7.60. The number of nitrogens with zero attached hydrogens (tertiary/aromatic N) is 1. The van der Waals surface area contributed by atoms with Gasteiger partial charge in [-0.15, -0.1) is 0 Å². The molecule has 0 saturated heterocycles. The lowest BCUT2D eigenvalue weighted by Gasteiger charge is -2.01. The van der Waals surface area contributed by atoms with Gasteiger partial charge >= 0.3 is 0 Å². The standard InChI is InChI=1S/C10H14FN/c1-3-5-9-7-6-8(4-2)10(11)12-9/h6-7H,3-5H2,1-2H3. The van der Waals surface area contributed by atoms with Gasteiger partial charge in [0.05, 0.1) is 0 Å². The second kappa shape index (κ2) is 4.19. The zero-order valence-electron chi connectivity index (χ0n) is 7.60. The molecule has 0 aliphatic carbocycles. The molecule has 0 aliphatic heterocycles. The molecule has 0 amide bonds. The van der Waals surface area contributed by atoms with E-state index in [0.29, 0.717) is 12.0 Å². The number of pyridine rings is 1. The average Bonchev–Trinajstić information content (AvgIpc) is 2.05. The molecule has 0 radical (unpaired) electrons. The van der Waals surface area contributed by atoms with Crippen LogP contribution in [-0.2, 0) is 12.8 Å². The normalized spacial score (nSPS) is 10.2. The molecule has 1 nitrogen and oxygen atoms in total. The molecule has 66 valence electrons. The van der Waals surface area contributed by atoms with Crippen LogP contribution in [0.5, 0.6) is 0 Å². The van der Waals surface area contributed by atoms with Crippen LogP contribution < -0.4 is 0 Å². The van der Waals surface area contributed by atoms with E-state index in [9.17, 15) is 4.39 Å². The van der Waals surface area contributed by atoms with E-state index in [0.717, 1.165) is 18.5 Å². The van der Waals surface area contributed by atoms with Crippen LogP contribution in [0.2, 0.25) is 0 Å². The van der Waals surface area contributed by atoms with Crippen LogP contribution >= 0.6 is 0 Å². The molecular formula is C10H14FN. The molecular weight excluding hydrogens is 153 g/mol. The van der Waals surface area contributed by atoms with Gasteiger partial charge in [-0.3, -0.25) is 0 Å². The van der Waals surface area contributed by atoms with Crippen molar-refractivity contribution in [3.8, 4) is 0 Å². The Labute approximate surface area is 72.6 Å². The first kappa shape index (κ1) is 9.17. The average molecular weight is 167 g/mol. The fourth-order valence-electron chi connectivity index (χ4n) is 1.16. The summed E-state index contributed by atoms with van der Waals surface area (Å²) in [5.41, 5.74) is 1.56. The van der Waals surface area contributed by atoms with Crippen molar-refractivity contribution in [1.29, 1.82) is 0 Å². The maximum Gasteiger partial charge on any atom is 0.216 e. The van der Waals surface area contributed by atoms with E-state index in [1.54, 1.807) is 0 Å². The van der Waals surface area contributed by atoms with Gasteiger partial charge in [-0.1, -0.05) is 26.3 Å². The van der Waals surface area contributed by atoms with Crippen LogP contribution in [0.3, 0.4) is 0 Å². The Kier molecular flexibility index (Phi) is 3.20. The molecule has 0 bridgehead atoms. The lowest BCUT2D eigenvalue weighted by atomic mass is 10.1. The number of hydrogen-bond donors (Lipinski definition) is 0. The van der Waals surface area contributed by atoms with E-state index < -0.39 is 0 Å². The smallest absolute Gasteiger partial charge is 0.216 e. The van der Waals surface area contributed by atoms with Crippen LogP contribution in [0, 0.1) is 5.95 Å². The molecule has 1 aromatic heterocycles. The highest BCUT2D eigenvalue weighted by Crippen LogP contribution is 2.07. The summed E-state index contributed by atoms with van der Waals surface area (Å²) in [5.74, 6) is -0.302. The second-order valence-corrected chi connectivity index (χ2v) is 2.86. The van der Waals surface area contributed by atoms with Crippen LogP contribution in [-0.4, -0.2) is 4.98 Å². The summed E-state index contributed by atoms with van der Waals surface area (Å²) >= 11 is 0. The molecule has 1 heterocycles. The highest BCUT2D eigenvalue weighted by Gasteiger charge is 2.01. The lowest BCUT2D eigenvalue weighted by molar-refractivity contribution is 0.561. The quantitative estimate of drug-likeness (QED) is 0.631. The van der Waals surface area contributed by atoms with Gasteiger partial charge in [-0.25, -0.2) is 4.98 Å². The van der Waals surface area contributed by atoms with E-state index in [4.69, 9.17) is 0 Å². The Morgan fingerprint density at radius 2 is 2.08 bits per heavy atom. The van der Waals surface area contributed by atoms with Crippen LogP contribution in [0.15, 0.2) is 12.1 Å². The molecule has 0 aromatic carbocycles. The Morgan fingerprint density at radius 1 is 1.33 bits per heavy atom. The zero-order chi connectivity index (χ0) is 8.97. The predicted octanol–water partition coefficient (Wildman–Crippen LogP) is 2.74. The van der Waals surface area contributed by atoms with Gasteiger partial charge in [0.1, 0.15) is 0 Å². The summed E-state index contributed by atoms with van der Waals surface area (Å²) in [4.78, 5) is 3.87. The van der Waals surface area contributed by atoms with Crippen LogP contribution in [0.4, 0.5) is 4.39 Å². The Bertz CT molecular complexity index is 258. The number of aryl methyl sites for hydroxylation is 2. The minimum atomic E-state index is -0.302. The number of aromatic nitrogens is 1. The molecule has 0 fully saturated rings. The number of halogens is 1. The van der Waals surface area contributed by atoms with Gasteiger partial charge in [0.25, 0.3) is 0 Å². The highest BCUT2D eigenvalue weighted by molar-refractivity contribution is 5.15. The molecule has 12 heavy (non-hydrogen) atoms. The van der Waals surface area contributed by atoms with Crippen LogP contribution in [0.1, 0.15) is 31.5 Å². The first-order valence-corrected chi connectivity index (χ1v) is 4.42. The highest BCUT2D eigenvalue weighted by atomic mass is 19.1. The first-order chi connectivity index (χ1) is 5.77. The second-order valence-electron chi connectivity index (χ2n) is 2.86. The minimum Gasteiger partial charge on any atom is -0.225 e. The maximum absolute atomic E-state index is 13.1. The number of hydrogen-bond acceptors (Lipinski definition) is 1. The van der Waals surface area contributed by atoms with E-state index in [1.165, 1.54) is 0 Å². The van der Waals surface area contributed by atoms with Gasteiger partial charge in [-0.05, 0) is 18.9 Å². The molecule has 0 aliphatic rings. The minimum absolute atomic E-state index is 0.302. The van der Waals surface area contributed by atoms with Gasteiger partial charge in [0.15, 0.2) is 0 Å². The SMILES string of the molecule is CCCc1ccc(CC)c(F)n1. The van der Waals surface area contributed by atoms with E-state index in [-0.39, 0.29) is 5.95 Å². The third kappa shape index (κ3) is 2.03. The van der Waals surface area contributed by atoms with Crippen molar-refractivity contribution in [2.45, 2.75) is 33.1 Å². The number of rotatable bonds is 3. The summed E-state index contributed by atoms with van der Waals surface area (Å²) < 4.78 is 13.1. The third-order valence-electron chi connectivity index (χ3n) is 1.87. The Hall–Kier alpha value is -0.920. The molecule has 0 atom stereocenters. The molecule has 2 heteroatoms. The lowest BCUT2D eigenvalue weighted by Crippen LogP contribution is -1.96. The van der Waals surface area contributed by atoms with E-state index >= 15 is 0 Å². The van der Waals surface area contributed by atoms with Crippen molar-refractivity contribution in [2.24, 2.45) is 0 Å². The van der Waals surface area contributed by atoms with Crippen molar-refractivity contribution in [3.05, 3.63) is 29.3 Å². The molecule has 1 rings (SSSR count). The monoisotopic (exact) mass is 167 g/mol. The fourth-order valence-corrected chi connectivity index (χ4v) is 1.16. The van der Waals surface area contributed by atoms with Crippen molar-refractivity contribution in [3.63, 3.8) is 0 Å². The molecule has 0 saturated carbocycles. The van der Waals surface area contributed by atoms with Crippen molar-refractivity contribution in [1.82, 2.24) is 4.98 Å². The predicted molar refractivity (Wildman–Crippen MR) is 47.6 cm³/mol. The molecule has 0 spiro atoms. The largest absolute Gasteiger partial charge is 0.225 e. The summed E-state index contributed by atoms with van der Waals surface area (Å²) in [6.07, 6.45) is 2.59. The molecule has 0 N–H and O–H groups in total. The van der Waals surface area contributed by atoms with Crippen molar-refractivity contribution < 1.29 is 4.39 Å². The summed E-state index contributed by atoms with van der Waals surface area (Å²) in [7, 11) is 0. The van der Waals surface area contributed by atoms with Gasteiger partial charge in [-0.2, -0.15) is 4.39 Å². The summed E-state index contributed by atoms with van der Waals surface area (Å²) in [6.45, 7) is 3.99. The topological polar surface area (TPSA) is 12.9 Å². The third-order valence-corrected chi connectivity index (χ3v) is 1.87.